The highest BCUT2D eigenvalue weighted by Gasteiger charge is 2.23. The zero-order chi connectivity index (χ0) is 14.7. The van der Waals surface area contributed by atoms with Crippen molar-refractivity contribution in [2.75, 3.05) is 6.54 Å². The number of halogens is 3. The van der Waals surface area contributed by atoms with Gasteiger partial charge in [0.05, 0.1) is 6.04 Å². The lowest BCUT2D eigenvalue weighted by molar-refractivity contribution is 0.506. The van der Waals surface area contributed by atoms with E-state index in [0.29, 0.717) is 12.1 Å². The highest BCUT2D eigenvalue weighted by molar-refractivity contribution is 9.10. The Labute approximate surface area is 126 Å². The van der Waals surface area contributed by atoms with Crippen LogP contribution in [-0.4, -0.2) is 6.54 Å². The average molecular weight is 340 g/mol. The summed E-state index contributed by atoms with van der Waals surface area (Å²) >= 11 is 3.45. The lowest BCUT2D eigenvalue weighted by atomic mass is 9.96. The molecule has 0 saturated heterocycles. The first-order valence-electron chi connectivity index (χ1n) is 6.48. The Morgan fingerprint density at radius 2 is 1.85 bits per heavy atom. The Hall–Kier alpha value is -1.26. The van der Waals surface area contributed by atoms with Gasteiger partial charge in [0, 0.05) is 10.0 Å². The van der Waals surface area contributed by atoms with Crippen molar-refractivity contribution >= 4 is 15.9 Å². The zero-order valence-electron chi connectivity index (χ0n) is 11.4. The normalized spacial score (nSPS) is 12.4. The van der Waals surface area contributed by atoms with Crippen molar-refractivity contribution in [1.82, 2.24) is 5.32 Å². The Bertz CT molecular complexity index is 613. The zero-order valence-corrected chi connectivity index (χ0v) is 13.0. The average Bonchev–Trinajstić information content (AvgIpc) is 2.43. The van der Waals surface area contributed by atoms with Crippen molar-refractivity contribution in [2.45, 2.75) is 19.9 Å². The fourth-order valence-electron chi connectivity index (χ4n) is 2.22. The Morgan fingerprint density at radius 3 is 2.50 bits per heavy atom. The van der Waals surface area contributed by atoms with E-state index in [2.05, 4.69) is 21.2 Å². The molecule has 0 amide bonds. The van der Waals surface area contributed by atoms with E-state index in [1.54, 1.807) is 6.92 Å². The van der Waals surface area contributed by atoms with E-state index >= 15 is 0 Å². The molecule has 1 atom stereocenters. The maximum absolute atomic E-state index is 14.4. The molecule has 1 nitrogen and oxygen atoms in total. The molecular weight excluding hydrogens is 324 g/mol. The van der Waals surface area contributed by atoms with Crippen LogP contribution in [0.2, 0.25) is 0 Å². The topological polar surface area (TPSA) is 12.0 Å². The van der Waals surface area contributed by atoms with Crippen LogP contribution >= 0.6 is 15.9 Å². The quantitative estimate of drug-likeness (QED) is 0.848. The van der Waals surface area contributed by atoms with Gasteiger partial charge in [0.2, 0.25) is 0 Å². The second-order valence-corrected chi connectivity index (χ2v) is 5.46. The van der Waals surface area contributed by atoms with Gasteiger partial charge in [-0.25, -0.2) is 8.78 Å². The summed E-state index contributed by atoms with van der Waals surface area (Å²) in [5, 5.41) is 3.15. The molecule has 2 aromatic rings. The summed E-state index contributed by atoms with van der Waals surface area (Å²) in [7, 11) is 0. The van der Waals surface area contributed by atoms with Crippen molar-refractivity contribution in [2.24, 2.45) is 0 Å². The first-order valence-corrected chi connectivity index (χ1v) is 7.27. The first kappa shape index (κ1) is 15.1. The molecule has 0 aromatic heterocycles. The van der Waals surface area contributed by atoms with Gasteiger partial charge in [-0.05, 0) is 36.7 Å². The summed E-state index contributed by atoms with van der Waals surface area (Å²) < 4.78 is 29.3. The van der Waals surface area contributed by atoms with Crippen LogP contribution in [0.25, 0.3) is 0 Å². The monoisotopic (exact) mass is 339 g/mol. The number of hydrogen-bond acceptors (Lipinski definition) is 1. The van der Waals surface area contributed by atoms with Crippen molar-refractivity contribution in [3.63, 3.8) is 0 Å². The van der Waals surface area contributed by atoms with Crippen LogP contribution in [-0.2, 0) is 0 Å². The molecule has 1 N–H and O–H groups in total. The van der Waals surface area contributed by atoms with Crippen LogP contribution in [0.15, 0.2) is 40.9 Å². The molecular formula is C16H16BrF2N. The highest BCUT2D eigenvalue weighted by Crippen LogP contribution is 2.32. The Balaban J connectivity index is 2.61. The van der Waals surface area contributed by atoms with E-state index in [-0.39, 0.29) is 5.56 Å². The van der Waals surface area contributed by atoms with Gasteiger partial charge in [0.15, 0.2) is 0 Å². The predicted octanol–water partition coefficient (Wildman–Crippen LogP) is 4.73. The van der Waals surface area contributed by atoms with Crippen molar-refractivity contribution in [3.8, 4) is 0 Å². The lowest BCUT2D eigenvalue weighted by Crippen LogP contribution is -2.24. The van der Waals surface area contributed by atoms with Gasteiger partial charge in [0.1, 0.15) is 11.6 Å². The summed E-state index contributed by atoms with van der Waals surface area (Å²) in [4.78, 5) is 0. The molecule has 20 heavy (non-hydrogen) atoms. The summed E-state index contributed by atoms with van der Waals surface area (Å²) in [5.41, 5.74) is 1.33. The summed E-state index contributed by atoms with van der Waals surface area (Å²) in [6, 6.07) is 9.71. The van der Waals surface area contributed by atoms with Crippen molar-refractivity contribution in [3.05, 3.63) is 69.2 Å². The van der Waals surface area contributed by atoms with E-state index < -0.39 is 17.7 Å². The van der Waals surface area contributed by atoms with Crippen molar-refractivity contribution < 1.29 is 8.78 Å². The third-order valence-corrected chi connectivity index (χ3v) is 3.95. The van der Waals surface area contributed by atoms with Crippen LogP contribution in [0.4, 0.5) is 8.78 Å². The molecule has 0 fully saturated rings. The maximum atomic E-state index is 14.4. The van der Waals surface area contributed by atoms with E-state index in [4.69, 9.17) is 0 Å². The third kappa shape index (κ3) is 2.91. The van der Waals surface area contributed by atoms with Crippen LogP contribution in [0, 0.1) is 18.6 Å². The molecule has 0 aliphatic heterocycles. The molecule has 0 bridgehead atoms. The van der Waals surface area contributed by atoms with Gasteiger partial charge in [0.25, 0.3) is 0 Å². The van der Waals surface area contributed by atoms with Crippen molar-refractivity contribution in [1.29, 1.82) is 0 Å². The van der Waals surface area contributed by atoms with Gasteiger partial charge in [-0.2, -0.15) is 0 Å². The molecule has 0 radical (unpaired) electrons. The van der Waals surface area contributed by atoms with E-state index in [1.165, 1.54) is 12.1 Å². The number of rotatable bonds is 4. The molecule has 0 heterocycles. The second kappa shape index (κ2) is 6.46. The van der Waals surface area contributed by atoms with E-state index in [1.807, 2.05) is 31.2 Å². The number of nitrogens with one attached hydrogen (secondary N) is 1. The first-order chi connectivity index (χ1) is 9.56. The van der Waals surface area contributed by atoms with Gasteiger partial charge in [-0.3, -0.25) is 0 Å². The summed E-state index contributed by atoms with van der Waals surface area (Å²) in [6.07, 6.45) is 0. The number of benzene rings is 2. The molecule has 2 aromatic carbocycles. The molecule has 4 heteroatoms. The van der Waals surface area contributed by atoms with E-state index in [9.17, 15) is 8.78 Å². The molecule has 0 aliphatic carbocycles. The highest BCUT2D eigenvalue weighted by atomic mass is 79.9. The number of hydrogen-bond donors (Lipinski definition) is 1. The minimum atomic E-state index is -0.533. The molecule has 0 spiro atoms. The third-order valence-electron chi connectivity index (χ3n) is 3.23. The van der Waals surface area contributed by atoms with Gasteiger partial charge in [-0.15, -0.1) is 0 Å². The smallest absolute Gasteiger partial charge is 0.134 e. The molecule has 1 unspecified atom stereocenters. The van der Waals surface area contributed by atoms with E-state index in [0.717, 1.165) is 10.0 Å². The molecule has 2 rings (SSSR count). The molecule has 0 aliphatic rings. The maximum Gasteiger partial charge on any atom is 0.134 e. The fourth-order valence-corrected chi connectivity index (χ4v) is 2.74. The Morgan fingerprint density at radius 1 is 1.15 bits per heavy atom. The van der Waals surface area contributed by atoms with Crippen LogP contribution in [0.3, 0.4) is 0 Å². The van der Waals surface area contributed by atoms with Crippen LogP contribution in [0.5, 0.6) is 0 Å². The second-order valence-electron chi connectivity index (χ2n) is 4.60. The summed E-state index contributed by atoms with van der Waals surface area (Å²) in [6.45, 7) is 4.16. The van der Waals surface area contributed by atoms with Gasteiger partial charge >= 0.3 is 0 Å². The largest absolute Gasteiger partial charge is 0.306 e. The minimum absolute atomic E-state index is 0.0683. The standard InChI is InChI=1S/C16H16BrF2N/c1-3-20-16(11-6-4-5-7-12(11)17)14-13(18)9-8-10(2)15(14)19/h4-9,16,20H,3H2,1-2H3. The summed E-state index contributed by atoms with van der Waals surface area (Å²) in [5.74, 6) is -1.03. The van der Waals surface area contributed by atoms with Gasteiger partial charge < -0.3 is 5.32 Å². The van der Waals surface area contributed by atoms with Gasteiger partial charge in [-0.1, -0.05) is 47.1 Å². The predicted molar refractivity (Wildman–Crippen MR) is 80.8 cm³/mol. The SMILES string of the molecule is CCNC(c1ccccc1Br)c1c(F)ccc(C)c1F. The number of aryl methyl sites for hydroxylation is 1. The lowest BCUT2D eigenvalue weighted by Gasteiger charge is -2.22. The molecule has 106 valence electrons. The van der Waals surface area contributed by atoms with Crippen LogP contribution < -0.4 is 5.32 Å². The minimum Gasteiger partial charge on any atom is -0.306 e. The Kier molecular flexibility index (Phi) is 4.89. The fraction of sp³-hybridized carbons (Fsp3) is 0.250. The van der Waals surface area contributed by atoms with Crippen LogP contribution in [0.1, 0.15) is 29.7 Å². The molecule has 0 saturated carbocycles.